The van der Waals surface area contributed by atoms with E-state index in [1.54, 1.807) is 6.07 Å². The summed E-state index contributed by atoms with van der Waals surface area (Å²) in [5, 5.41) is 14.2. The van der Waals surface area contributed by atoms with Crippen LogP contribution in [-0.4, -0.2) is 34.3 Å². The molecule has 1 aromatic carbocycles. The number of thiophene rings is 1. The van der Waals surface area contributed by atoms with Gasteiger partial charge >= 0.3 is 0 Å². The average molecular weight is 416 g/mol. The van der Waals surface area contributed by atoms with Crippen LogP contribution < -0.4 is 5.32 Å². The lowest BCUT2D eigenvalue weighted by molar-refractivity contribution is 0.0947. The second kappa shape index (κ2) is 8.49. The van der Waals surface area contributed by atoms with E-state index in [9.17, 15) is 10.1 Å². The first-order valence-electron chi connectivity index (χ1n) is 9.52. The Kier molecular flexibility index (Phi) is 5.61. The van der Waals surface area contributed by atoms with Crippen molar-refractivity contribution < 1.29 is 4.79 Å². The van der Waals surface area contributed by atoms with E-state index >= 15 is 0 Å². The highest BCUT2D eigenvalue weighted by Crippen LogP contribution is 2.27. The molecular formula is C23H21N5OS. The summed E-state index contributed by atoms with van der Waals surface area (Å²) in [7, 11) is 4.01. The molecule has 7 heteroatoms. The monoisotopic (exact) mass is 415 g/mol. The fraction of sp³-hybridized carbons (Fsp3) is 0.174. The van der Waals surface area contributed by atoms with Crippen molar-refractivity contribution in [2.75, 3.05) is 14.1 Å². The van der Waals surface area contributed by atoms with Crippen LogP contribution in [-0.2, 0) is 6.54 Å². The number of nitrogens with zero attached hydrogens (tertiary/aromatic N) is 4. The number of hydrogen-bond acceptors (Lipinski definition) is 5. The minimum absolute atomic E-state index is 0.318. The molecule has 4 aromatic rings. The molecule has 1 amide bonds. The van der Waals surface area contributed by atoms with Crippen molar-refractivity contribution in [1.29, 1.82) is 5.26 Å². The number of carbonyl (C=O) groups is 1. The van der Waals surface area contributed by atoms with Crippen LogP contribution in [0.25, 0.3) is 16.9 Å². The van der Waals surface area contributed by atoms with Crippen molar-refractivity contribution in [2.45, 2.75) is 12.6 Å². The van der Waals surface area contributed by atoms with Crippen molar-refractivity contribution in [1.82, 2.24) is 19.6 Å². The molecule has 0 saturated carbocycles. The van der Waals surface area contributed by atoms with E-state index in [0.717, 1.165) is 21.8 Å². The summed E-state index contributed by atoms with van der Waals surface area (Å²) in [6.45, 7) is 0.673. The maximum atomic E-state index is 13.1. The van der Waals surface area contributed by atoms with Gasteiger partial charge in [0.2, 0.25) is 0 Å². The average Bonchev–Trinajstić information content (AvgIpc) is 3.41. The first-order valence-corrected chi connectivity index (χ1v) is 10.4. The molecule has 1 atom stereocenters. The van der Waals surface area contributed by atoms with Gasteiger partial charge in [-0.15, -0.1) is 11.3 Å². The molecule has 0 bridgehead atoms. The number of hydrogen-bond donors (Lipinski definition) is 1. The Morgan fingerprint density at radius 3 is 2.67 bits per heavy atom. The summed E-state index contributed by atoms with van der Waals surface area (Å²) in [6.07, 6.45) is 1.92. The van der Waals surface area contributed by atoms with Crippen LogP contribution in [0.15, 0.2) is 66.2 Å². The van der Waals surface area contributed by atoms with Gasteiger partial charge in [0.25, 0.3) is 5.91 Å². The van der Waals surface area contributed by atoms with E-state index < -0.39 is 6.04 Å². The minimum atomic E-state index is -0.692. The Morgan fingerprint density at radius 2 is 2.00 bits per heavy atom. The molecule has 30 heavy (non-hydrogen) atoms. The zero-order valence-corrected chi connectivity index (χ0v) is 17.6. The Balaban J connectivity index is 1.79. The van der Waals surface area contributed by atoms with E-state index in [4.69, 9.17) is 4.98 Å². The largest absolute Gasteiger partial charge is 0.332 e. The lowest BCUT2D eigenvalue weighted by Crippen LogP contribution is -2.27. The van der Waals surface area contributed by atoms with E-state index in [-0.39, 0.29) is 5.91 Å². The molecule has 0 spiro atoms. The molecule has 6 nitrogen and oxygen atoms in total. The van der Waals surface area contributed by atoms with E-state index in [1.807, 2.05) is 78.6 Å². The van der Waals surface area contributed by atoms with Crippen LogP contribution in [0.3, 0.4) is 0 Å². The predicted octanol–water partition coefficient (Wildman–Crippen LogP) is 4.12. The first-order chi connectivity index (χ1) is 14.6. The van der Waals surface area contributed by atoms with Crippen LogP contribution in [0.1, 0.15) is 27.0 Å². The second-order valence-electron chi connectivity index (χ2n) is 7.18. The van der Waals surface area contributed by atoms with Gasteiger partial charge in [-0.25, -0.2) is 4.98 Å². The van der Waals surface area contributed by atoms with Gasteiger partial charge in [0, 0.05) is 23.2 Å². The summed E-state index contributed by atoms with van der Waals surface area (Å²) in [5.74, 6) is -0.318. The van der Waals surface area contributed by atoms with Gasteiger partial charge in [-0.05, 0) is 37.7 Å². The van der Waals surface area contributed by atoms with Crippen molar-refractivity contribution in [3.63, 3.8) is 0 Å². The Labute approximate surface area is 179 Å². The number of carbonyl (C=O) groups excluding carboxylic acids is 1. The lowest BCUT2D eigenvalue weighted by atomic mass is 10.1. The highest BCUT2D eigenvalue weighted by atomic mass is 32.1. The summed E-state index contributed by atoms with van der Waals surface area (Å²) >= 11 is 1.44. The molecule has 3 aromatic heterocycles. The molecule has 0 fully saturated rings. The fourth-order valence-electron chi connectivity index (χ4n) is 3.40. The third-order valence-electron chi connectivity index (χ3n) is 4.74. The van der Waals surface area contributed by atoms with Crippen LogP contribution in [0.4, 0.5) is 0 Å². The molecule has 0 aliphatic heterocycles. The second-order valence-corrected chi connectivity index (χ2v) is 8.16. The van der Waals surface area contributed by atoms with Gasteiger partial charge < -0.3 is 14.6 Å². The summed E-state index contributed by atoms with van der Waals surface area (Å²) in [4.78, 5) is 20.8. The number of imidazole rings is 1. The van der Waals surface area contributed by atoms with Gasteiger partial charge in [0.05, 0.1) is 23.0 Å². The summed E-state index contributed by atoms with van der Waals surface area (Å²) < 4.78 is 1.96. The number of aromatic nitrogens is 2. The zero-order chi connectivity index (χ0) is 21.1. The van der Waals surface area contributed by atoms with Crippen molar-refractivity contribution in [3.8, 4) is 17.3 Å². The Morgan fingerprint density at radius 1 is 1.20 bits per heavy atom. The molecule has 0 saturated heterocycles. The Bertz CT molecular complexity index is 1210. The zero-order valence-electron chi connectivity index (χ0n) is 16.7. The quantitative estimate of drug-likeness (QED) is 0.514. The SMILES string of the molecule is CN(C)Cc1c(-c2ccccc2)nc2c(C(=O)NC(C#N)c3cccs3)cccn12. The molecule has 1 unspecified atom stereocenters. The number of nitriles is 1. The molecule has 3 heterocycles. The fourth-order valence-corrected chi connectivity index (χ4v) is 4.12. The lowest BCUT2D eigenvalue weighted by Gasteiger charge is -2.12. The van der Waals surface area contributed by atoms with Gasteiger partial charge in [-0.1, -0.05) is 36.4 Å². The van der Waals surface area contributed by atoms with Crippen molar-refractivity contribution in [2.24, 2.45) is 0 Å². The van der Waals surface area contributed by atoms with Crippen molar-refractivity contribution >= 4 is 22.9 Å². The standard InChI is InChI=1S/C23H21N5OS/c1-27(2)15-19-21(16-8-4-3-5-9-16)26-22-17(10-6-12-28(19)22)23(29)25-18(14-24)20-11-7-13-30-20/h3-13,18H,15H2,1-2H3,(H,25,29). The van der Waals surface area contributed by atoms with Gasteiger partial charge in [-0.2, -0.15) is 5.26 Å². The smallest absolute Gasteiger partial charge is 0.256 e. The van der Waals surface area contributed by atoms with Gasteiger partial charge in [-0.3, -0.25) is 4.79 Å². The number of pyridine rings is 1. The Hall–Kier alpha value is -3.47. The number of rotatable bonds is 6. The minimum Gasteiger partial charge on any atom is -0.332 e. The number of benzene rings is 1. The molecule has 150 valence electrons. The van der Waals surface area contributed by atoms with E-state index in [2.05, 4.69) is 16.3 Å². The van der Waals surface area contributed by atoms with Crippen LogP contribution in [0.2, 0.25) is 0 Å². The van der Waals surface area contributed by atoms with Crippen LogP contribution in [0.5, 0.6) is 0 Å². The first kappa shape index (κ1) is 19.8. The number of nitrogens with one attached hydrogen (secondary N) is 1. The van der Waals surface area contributed by atoms with Gasteiger partial charge in [0.1, 0.15) is 0 Å². The van der Waals surface area contributed by atoms with Crippen LogP contribution in [0, 0.1) is 11.3 Å². The molecule has 1 N–H and O–H groups in total. The molecule has 0 aliphatic carbocycles. The third kappa shape index (κ3) is 3.83. The number of fused-ring (bicyclic) bond motifs is 1. The molecular weight excluding hydrogens is 394 g/mol. The van der Waals surface area contributed by atoms with E-state index in [0.29, 0.717) is 17.8 Å². The summed E-state index contributed by atoms with van der Waals surface area (Å²) in [5.41, 5.74) is 3.87. The van der Waals surface area contributed by atoms with Crippen LogP contribution >= 0.6 is 11.3 Å². The van der Waals surface area contributed by atoms with Gasteiger partial charge in [0.15, 0.2) is 11.7 Å². The maximum Gasteiger partial charge on any atom is 0.256 e. The normalized spacial score (nSPS) is 12.1. The predicted molar refractivity (Wildman–Crippen MR) is 118 cm³/mol. The van der Waals surface area contributed by atoms with E-state index in [1.165, 1.54) is 11.3 Å². The molecule has 0 radical (unpaired) electrons. The highest BCUT2D eigenvalue weighted by Gasteiger charge is 2.22. The van der Waals surface area contributed by atoms with Crippen molar-refractivity contribution in [3.05, 3.63) is 82.3 Å². The third-order valence-corrected chi connectivity index (χ3v) is 5.68. The molecule has 4 rings (SSSR count). The number of amides is 1. The highest BCUT2D eigenvalue weighted by molar-refractivity contribution is 7.10. The maximum absolute atomic E-state index is 13.1. The molecule has 0 aliphatic rings. The topological polar surface area (TPSA) is 73.4 Å². The summed E-state index contributed by atoms with van der Waals surface area (Å²) in [6, 6.07) is 18.7.